The lowest BCUT2D eigenvalue weighted by molar-refractivity contribution is 0.347. The van der Waals surface area contributed by atoms with E-state index in [1.165, 1.54) is 6.07 Å². The third-order valence-electron chi connectivity index (χ3n) is 2.81. The van der Waals surface area contributed by atoms with Crippen molar-refractivity contribution >= 4 is 0 Å². The van der Waals surface area contributed by atoms with Crippen molar-refractivity contribution < 1.29 is 9.13 Å². The summed E-state index contributed by atoms with van der Waals surface area (Å²) in [5, 5.41) is 3.22. The van der Waals surface area contributed by atoms with Gasteiger partial charge in [0, 0.05) is 25.2 Å². The molecule has 0 radical (unpaired) electrons. The minimum Gasteiger partial charge on any atom is -0.496 e. The van der Waals surface area contributed by atoms with Gasteiger partial charge in [0.15, 0.2) is 0 Å². The van der Waals surface area contributed by atoms with Gasteiger partial charge in [-0.25, -0.2) is 4.39 Å². The van der Waals surface area contributed by atoms with Crippen LogP contribution in [-0.4, -0.2) is 38.7 Å². The van der Waals surface area contributed by atoms with Gasteiger partial charge in [-0.15, -0.1) is 0 Å². The molecule has 0 aromatic heterocycles. The van der Waals surface area contributed by atoms with Gasteiger partial charge in [-0.2, -0.15) is 0 Å². The van der Waals surface area contributed by atoms with E-state index in [-0.39, 0.29) is 5.82 Å². The Kier molecular flexibility index (Phi) is 5.94. The molecule has 0 bridgehead atoms. The SMILES string of the molecule is CCN(C)CCNCc1c(F)cccc1OC. The van der Waals surface area contributed by atoms with Gasteiger partial charge in [-0.3, -0.25) is 0 Å². The minimum atomic E-state index is -0.222. The van der Waals surface area contributed by atoms with Crippen LogP contribution in [0.15, 0.2) is 18.2 Å². The first-order valence-electron chi connectivity index (χ1n) is 5.89. The van der Waals surface area contributed by atoms with Crippen molar-refractivity contribution in [2.24, 2.45) is 0 Å². The monoisotopic (exact) mass is 240 g/mol. The molecule has 1 rings (SSSR count). The Hall–Kier alpha value is -1.13. The number of nitrogens with zero attached hydrogens (tertiary/aromatic N) is 1. The molecule has 0 saturated heterocycles. The van der Waals surface area contributed by atoms with Gasteiger partial charge in [-0.05, 0) is 25.7 Å². The summed E-state index contributed by atoms with van der Waals surface area (Å²) in [6.07, 6.45) is 0. The van der Waals surface area contributed by atoms with Crippen molar-refractivity contribution in [3.8, 4) is 5.75 Å². The zero-order chi connectivity index (χ0) is 12.7. The normalized spacial score (nSPS) is 10.9. The molecule has 0 fully saturated rings. The van der Waals surface area contributed by atoms with Crippen LogP contribution in [0.3, 0.4) is 0 Å². The van der Waals surface area contributed by atoms with E-state index >= 15 is 0 Å². The smallest absolute Gasteiger partial charge is 0.131 e. The molecule has 1 aromatic rings. The van der Waals surface area contributed by atoms with Crippen LogP contribution in [0.4, 0.5) is 4.39 Å². The lowest BCUT2D eigenvalue weighted by Crippen LogP contribution is -2.29. The van der Waals surface area contributed by atoms with Crippen LogP contribution >= 0.6 is 0 Å². The van der Waals surface area contributed by atoms with Crippen LogP contribution in [-0.2, 0) is 6.54 Å². The first-order valence-corrected chi connectivity index (χ1v) is 5.89. The molecular formula is C13H21FN2O. The highest BCUT2D eigenvalue weighted by molar-refractivity contribution is 5.34. The Morgan fingerprint density at radius 3 is 2.82 bits per heavy atom. The second-order valence-electron chi connectivity index (χ2n) is 3.99. The van der Waals surface area contributed by atoms with E-state index in [0.717, 1.165) is 19.6 Å². The minimum absolute atomic E-state index is 0.222. The van der Waals surface area contributed by atoms with Crippen LogP contribution in [0.1, 0.15) is 12.5 Å². The topological polar surface area (TPSA) is 24.5 Å². The largest absolute Gasteiger partial charge is 0.496 e. The molecule has 1 aromatic carbocycles. The Morgan fingerprint density at radius 1 is 1.41 bits per heavy atom. The van der Waals surface area contributed by atoms with Crippen molar-refractivity contribution in [3.63, 3.8) is 0 Å². The average Bonchev–Trinajstić information content (AvgIpc) is 2.35. The number of likely N-dealkylation sites (N-methyl/N-ethyl adjacent to an activating group) is 1. The van der Waals surface area contributed by atoms with Gasteiger partial charge in [0.1, 0.15) is 11.6 Å². The molecule has 96 valence electrons. The van der Waals surface area contributed by atoms with E-state index < -0.39 is 0 Å². The summed E-state index contributed by atoms with van der Waals surface area (Å²) in [5.41, 5.74) is 0.592. The van der Waals surface area contributed by atoms with Gasteiger partial charge in [0.25, 0.3) is 0 Å². The van der Waals surface area contributed by atoms with Gasteiger partial charge in [-0.1, -0.05) is 13.0 Å². The lowest BCUT2D eigenvalue weighted by atomic mass is 10.2. The number of rotatable bonds is 7. The molecule has 0 aliphatic carbocycles. The van der Waals surface area contributed by atoms with E-state index in [9.17, 15) is 4.39 Å². The van der Waals surface area contributed by atoms with Gasteiger partial charge in [0.05, 0.1) is 7.11 Å². The maximum atomic E-state index is 13.6. The average molecular weight is 240 g/mol. The van der Waals surface area contributed by atoms with Crippen molar-refractivity contribution in [1.29, 1.82) is 0 Å². The molecule has 0 amide bonds. The molecule has 0 aliphatic rings. The molecule has 3 nitrogen and oxygen atoms in total. The van der Waals surface area contributed by atoms with Crippen LogP contribution in [0, 0.1) is 5.82 Å². The third-order valence-corrected chi connectivity index (χ3v) is 2.81. The fraction of sp³-hybridized carbons (Fsp3) is 0.538. The van der Waals surface area contributed by atoms with Crippen molar-refractivity contribution in [2.75, 3.05) is 33.8 Å². The lowest BCUT2D eigenvalue weighted by Gasteiger charge is -2.15. The van der Waals surface area contributed by atoms with Crippen LogP contribution in [0.2, 0.25) is 0 Å². The third kappa shape index (κ3) is 4.32. The summed E-state index contributed by atoms with van der Waals surface area (Å²) in [6.45, 7) is 5.41. The van der Waals surface area contributed by atoms with E-state index in [2.05, 4.69) is 24.2 Å². The standard InChI is InChI=1S/C13H21FN2O/c1-4-16(2)9-8-15-10-11-12(14)6-5-7-13(11)17-3/h5-7,15H,4,8-10H2,1-3H3. The van der Waals surface area contributed by atoms with Crippen molar-refractivity contribution in [3.05, 3.63) is 29.6 Å². The van der Waals surface area contributed by atoms with Crippen molar-refractivity contribution in [1.82, 2.24) is 10.2 Å². The molecule has 0 spiro atoms. The second-order valence-corrected chi connectivity index (χ2v) is 3.99. The molecule has 0 unspecified atom stereocenters. The molecule has 0 aliphatic heterocycles. The van der Waals surface area contributed by atoms with E-state index in [0.29, 0.717) is 17.9 Å². The molecule has 0 heterocycles. The number of methoxy groups -OCH3 is 1. The molecule has 4 heteroatoms. The van der Waals surface area contributed by atoms with Gasteiger partial charge >= 0.3 is 0 Å². The van der Waals surface area contributed by atoms with Gasteiger partial charge < -0.3 is 15.0 Å². The highest BCUT2D eigenvalue weighted by atomic mass is 19.1. The number of ether oxygens (including phenoxy) is 1. The Morgan fingerprint density at radius 2 is 2.18 bits per heavy atom. The number of hydrogen-bond donors (Lipinski definition) is 1. The number of nitrogens with one attached hydrogen (secondary N) is 1. The predicted octanol–water partition coefficient (Wildman–Crippen LogP) is 1.88. The summed E-state index contributed by atoms with van der Waals surface area (Å²) in [5.74, 6) is 0.377. The number of hydrogen-bond acceptors (Lipinski definition) is 3. The van der Waals surface area contributed by atoms with Crippen LogP contribution < -0.4 is 10.1 Å². The van der Waals surface area contributed by atoms with E-state index in [1.807, 2.05) is 0 Å². The van der Waals surface area contributed by atoms with Crippen molar-refractivity contribution in [2.45, 2.75) is 13.5 Å². The fourth-order valence-corrected chi connectivity index (χ4v) is 1.54. The summed E-state index contributed by atoms with van der Waals surface area (Å²) >= 11 is 0. The molecule has 1 N–H and O–H groups in total. The predicted molar refractivity (Wildman–Crippen MR) is 67.8 cm³/mol. The van der Waals surface area contributed by atoms with Crippen LogP contribution in [0.5, 0.6) is 5.75 Å². The number of halogens is 1. The first kappa shape index (κ1) is 13.9. The summed E-state index contributed by atoms with van der Waals surface area (Å²) in [6, 6.07) is 4.89. The maximum absolute atomic E-state index is 13.6. The summed E-state index contributed by atoms with van der Waals surface area (Å²) in [7, 11) is 3.62. The number of benzene rings is 1. The Labute approximate surface area is 103 Å². The highest BCUT2D eigenvalue weighted by Crippen LogP contribution is 2.20. The molecular weight excluding hydrogens is 219 g/mol. The van der Waals surface area contributed by atoms with Gasteiger partial charge in [0.2, 0.25) is 0 Å². The fourth-order valence-electron chi connectivity index (χ4n) is 1.54. The quantitative estimate of drug-likeness (QED) is 0.736. The molecule has 17 heavy (non-hydrogen) atoms. The van der Waals surface area contributed by atoms with Crippen LogP contribution in [0.25, 0.3) is 0 Å². The first-order chi connectivity index (χ1) is 8.19. The summed E-state index contributed by atoms with van der Waals surface area (Å²) in [4.78, 5) is 2.20. The zero-order valence-corrected chi connectivity index (χ0v) is 10.8. The van der Waals surface area contributed by atoms with E-state index in [4.69, 9.17) is 4.74 Å². The zero-order valence-electron chi connectivity index (χ0n) is 10.8. The second kappa shape index (κ2) is 7.25. The highest BCUT2D eigenvalue weighted by Gasteiger charge is 2.07. The molecule has 0 saturated carbocycles. The molecule has 0 atom stereocenters. The Balaban J connectivity index is 2.46. The van der Waals surface area contributed by atoms with E-state index in [1.54, 1.807) is 19.2 Å². The maximum Gasteiger partial charge on any atom is 0.131 e. The summed E-state index contributed by atoms with van der Waals surface area (Å²) < 4.78 is 18.7. The Bertz CT molecular complexity index is 344.